The van der Waals surface area contributed by atoms with Crippen molar-refractivity contribution in [1.29, 1.82) is 0 Å². The van der Waals surface area contributed by atoms with Crippen LogP contribution in [0.3, 0.4) is 0 Å². The van der Waals surface area contributed by atoms with E-state index in [1.165, 1.54) is 0 Å². The Balaban J connectivity index is 2.14. The number of rotatable bonds is 5. The first-order chi connectivity index (χ1) is 8.97. The summed E-state index contributed by atoms with van der Waals surface area (Å²) >= 11 is 0. The first kappa shape index (κ1) is 13.6. The van der Waals surface area contributed by atoms with Crippen LogP contribution in [0.4, 0.5) is 11.4 Å². The van der Waals surface area contributed by atoms with Crippen LogP contribution in [-0.2, 0) is 10.0 Å². The lowest BCUT2D eigenvalue weighted by Crippen LogP contribution is -2.19. The van der Waals surface area contributed by atoms with Crippen LogP contribution in [0.2, 0.25) is 0 Å². The van der Waals surface area contributed by atoms with E-state index in [1.54, 1.807) is 6.20 Å². The zero-order valence-corrected chi connectivity index (χ0v) is 11.2. The lowest BCUT2D eigenvalue weighted by atomic mass is 10.1. The summed E-state index contributed by atoms with van der Waals surface area (Å²) in [5.41, 5.74) is 8.04. The number of anilines is 2. The zero-order chi connectivity index (χ0) is 13.9. The summed E-state index contributed by atoms with van der Waals surface area (Å²) in [5.74, 6) is -0.0527. The molecule has 0 amide bonds. The standard InChI is InChI=1S/C12H16N4O2S/c13-10-8-16-11-5-2-1-4-9(11)12(10)15-6-3-7-19(14,17)18/h1-2,4-5,8H,3,6-7,13H2,(H,15,16)(H2,14,17,18). The highest BCUT2D eigenvalue weighted by Crippen LogP contribution is 2.27. The summed E-state index contributed by atoms with van der Waals surface area (Å²) in [7, 11) is -3.41. The van der Waals surface area contributed by atoms with Crippen LogP contribution in [0.1, 0.15) is 6.42 Å². The van der Waals surface area contributed by atoms with Crippen molar-refractivity contribution in [3.8, 4) is 0 Å². The van der Waals surface area contributed by atoms with Gasteiger partial charge in [-0.1, -0.05) is 18.2 Å². The van der Waals surface area contributed by atoms with Gasteiger partial charge >= 0.3 is 0 Å². The second-order valence-electron chi connectivity index (χ2n) is 4.25. The second kappa shape index (κ2) is 5.41. The number of hydrogen-bond acceptors (Lipinski definition) is 5. The molecule has 0 aliphatic carbocycles. The maximum atomic E-state index is 10.8. The Bertz CT molecular complexity index is 685. The van der Waals surface area contributed by atoms with Gasteiger partial charge in [0.1, 0.15) is 0 Å². The van der Waals surface area contributed by atoms with E-state index in [-0.39, 0.29) is 5.75 Å². The van der Waals surface area contributed by atoms with Crippen molar-refractivity contribution in [1.82, 2.24) is 4.98 Å². The minimum atomic E-state index is -3.41. The van der Waals surface area contributed by atoms with Crippen molar-refractivity contribution in [2.45, 2.75) is 6.42 Å². The van der Waals surface area contributed by atoms with E-state index in [2.05, 4.69) is 10.3 Å². The third-order valence-electron chi connectivity index (χ3n) is 2.71. The predicted molar refractivity (Wildman–Crippen MR) is 77.2 cm³/mol. The van der Waals surface area contributed by atoms with Crippen LogP contribution in [0.25, 0.3) is 10.9 Å². The number of para-hydroxylation sites is 1. The van der Waals surface area contributed by atoms with E-state index in [1.807, 2.05) is 24.3 Å². The van der Waals surface area contributed by atoms with E-state index >= 15 is 0 Å². The predicted octanol–water partition coefficient (Wildman–Crippen LogP) is 0.908. The van der Waals surface area contributed by atoms with Crippen molar-refractivity contribution in [2.24, 2.45) is 5.14 Å². The molecule has 0 bridgehead atoms. The molecule has 0 unspecified atom stereocenters. The molecule has 1 aromatic carbocycles. The van der Waals surface area contributed by atoms with E-state index in [4.69, 9.17) is 10.9 Å². The van der Waals surface area contributed by atoms with Crippen molar-refractivity contribution in [3.05, 3.63) is 30.5 Å². The quantitative estimate of drug-likeness (QED) is 0.705. The van der Waals surface area contributed by atoms with Crippen LogP contribution in [0, 0.1) is 0 Å². The van der Waals surface area contributed by atoms with E-state index in [0.717, 1.165) is 16.6 Å². The van der Waals surface area contributed by atoms with Crippen LogP contribution < -0.4 is 16.2 Å². The molecule has 0 atom stereocenters. The van der Waals surface area contributed by atoms with Gasteiger partial charge < -0.3 is 11.1 Å². The number of benzene rings is 1. The highest BCUT2D eigenvalue weighted by Gasteiger charge is 2.06. The SMILES string of the molecule is Nc1cnc2ccccc2c1NCCCS(N)(=O)=O. The molecule has 1 aromatic heterocycles. The first-order valence-electron chi connectivity index (χ1n) is 5.85. The van der Waals surface area contributed by atoms with Crippen LogP contribution in [0.5, 0.6) is 0 Å². The third-order valence-corrected chi connectivity index (χ3v) is 3.57. The number of primary sulfonamides is 1. The zero-order valence-electron chi connectivity index (χ0n) is 10.3. The minimum Gasteiger partial charge on any atom is -0.396 e. The van der Waals surface area contributed by atoms with Crippen LogP contribution in [-0.4, -0.2) is 25.7 Å². The Kier molecular flexibility index (Phi) is 3.87. The summed E-state index contributed by atoms with van der Waals surface area (Å²) in [6, 6.07) is 7.61. The normalized spacial score (nSPS) is 11.6. The molecule has 0 fully saturated rings. The topological polar surface area (TPSA) is 111 Å². The molecule has 102 valence electrons. The molecular weight excluding hydrogens is 264 g/mol. The average Bonchev–Trinajstić information content (AvgIpc) is 2.35. The summed E-state index contributed by atoms with van der Waals surface area (Å²) in [4.78, 5) is 4.23. The fraction of sp³-hybridized carbons (Fsp3) is 0.250. The Morgan fingerprint density at radius 1 is 1.26 bits per heavy atom. The fourth-order valence-corrected chi connectivity index (χ4v) is 2.39. The molecule has 7 heteroatoms. The van der Waals surface area contributed by atoms with Gasteiger partial charge in [-0.2, -0.15) is 0 Å². The Morgan fingerprint density at radius 3 is 2.74 bits per heavy atom. The van der Waals surface area contributed by atoms with Crippen molar-refractivity contribution in [3.63, 3.8) is 0 Å². The molecule has 2 rings (SSSR count). The molecule has 0 spiro atoms. The van der Waals surface area contributed by atoms with E-state index in [9.17, 15) is 8.42 Å². The Morgan fingerprint density at radius 2 is 2.00 bits per heavy atom. The van der Waals surface area contributed by atoms with Gasteiger partial charge in [0.2, 0.25) is 10.0 Å². The molecule has 6 nitrogen and oxygen atoms in total. The molecule has 0 aliphatic heterocycles. The third kappa shape index (κ3) is 3.55. The van der Waals surface area contributed by atoms with Crippen molar-refractivity contribution in [2.75, 3.05) is 23.3 Å². The lowest BCUT2D eigenvalue weighted by Gasteiger charge is -2.11. The average molecular weight is 280 g/mol. The molecule has 0 saturated carbocycles. The maximum Gasteiger partial charge on any atom is 0.209 e. The lowest BCUT2D eigenvalue weighted by molar-refractivity contribution is 0.596. The maximum absolute atomic E-state index is 10.8. The summed E-state index contributed by atoms with van der Waals surface area (Å²) < 4.78 is 21.7. The highest BCUT2D eigenvalue weighted by molar-refractivity contribution is 7.89. The van der Waals surface area contributed by atoms with Crippen LogP contribution in [0.15, 0.2) is 30.5 Å². The minimum absolute atomic E-state index is 0.0527. The molecule has 5 N–H and O–H groups in total. The van der Waals surface area contributed by atoms with E-state index in [0.29, 0.717) is 18.7 Å². The Hall–Kier alpha value is -1.86. The van der Waals surface area contributed by atoms with Gasteiger partial charge in [0.25, 0.3) is 0 Å². The number of sulfonamides is 1. The van der Waals surface area contributed by atoms with Crippen molar-refractivity contribution >= 4 is 32.3 Å². The summed E-state index contributed by atoms with van der Waals surface area (Å²) in [6.45, 7) is 0.481. The largest absolute Gasteiger partial charge is 0.396 e. The first-order valence-corrected chi connectivity index (χ1v) is 7.56. The number of aromatic nitrogens is 1. The van der Waals surface area contributed by atoms with Crippen LogP contribution >= 0.6 is 0 Å². The molecular formula is C12H16N4O2S. The van der Waals surface area contributed by atoms with Gasteiger partial charge in [-0.05, 0) is 12.5 Å². The van der Waals surface area contributed by atoms with Gasteiger partial charge in [-0.3, -0.25) is 4.98 Å². The molecule has 0 radical (unpaired) electrons. The van der Waals surface area contributed by atoms with Gasteiger partial charge in [-0.15, -0.1) is 0 Å². The number of nitrogens with one attached hydrogen (secondary N) is 1. The monoisotopic (exact) mass is 280 g/mol. The number of hydrogen-bond donors (Lipinski definition) is 3. The Labute approximate surface area is 111 Å². The molecule has 0 aliphatic rings. The second-order valence-corrected chi connectivity index (χ2v) is 5.99. The molecule has 1 heterocycles. The van der Waals surface area contributed by atoms with Gasteiger partial charge in [0.05, 0.1) is 28.8 Å². The molecule has 2 aromatic rings. The number of nitrogen functional groups attached to an aromatic ring is 1. The highest BCUT2D eigenvalue weighted by atomic mass is 32.2. The fourth-order valence-electron chi connectivity index (χ4n) is 1.84. The molecule has 19 heavy (non-hydrogen) atoms. The summed E-state index contributed by atoms with van der Waals surface area (Å²) in [6.07, 6.45) is 2.01. The number of fused-ring (bicyclic) bond motifs is 1. The summed E-state index contributed by atoms with van der Waals surface area (Å²) in [5, 5.41) is 9.00. The molecule has 0 saturated heterocycles. The van der Waals surface area contributed by atoms with Gasteiger partial charge in [0, 0.05) is 11.9 Å². The van der Waals surface area contributed by atoms with Crippen molar-refractivity contribution < 1.29 is 8.42 Å². The smallest absolute Gasteiger partial charge is 0.209 e. The number of pyridine rings is 1. The number of nitrogens with zero attached hydrogens (tertiary/aromatic N) is 1. The van der Waals surface area contributed by atoms with Gasteiger partial charge in [-0.25, -0.2) is 13.6 Å². The van der Waals surface area contributed by atoms with Gasteiger partial charge in [0.15, 0.2) is 0 Å². The number of nitrogens with two attached hydrogens (primary N) is 2. The van der Waals surface area contributed by atoms with E-state index < -0.39 is 10.0 Å².